The molecule has 0 saturated carbocycles. The van der Waals surface area contributed by atoms with E-state index in [1.54, 1.807) is 6.07 Å². The number of nitrogens with one attached hydrogen (secondary N) is 2. The number of hydrogen-bond acceptors (Lipinski definition) is 5. The van der Waals surface area contributed by atoms with Crippen LogP contribution in [0.2, 0.25) is 0 Å². The van der Waals surface area contributed by atoms with Crippen LogP contribution in [0.3, 0.4) is 0 Å². The molecule has 1 heterocycles. The highest BCUT2D eigenvalue weighted by Gasteiger charge is 2.21. The van der Waals surface area contributed by atoms with Gasteiger partial charge in [-0.25, -0.2) is 0 Å². The fourth-order valence-corrected chi connectivity index (χ4v) is 4.75. The maximum Gasteiger partial charge on any atom is 0.252 e. The van der Waals surface area contributed by atoms with E-state index in [-0.39, 0.29) is 23.6 Å². The van der Waals surface area contributed by atoms with Crippen molar-refractivity contribution in [2.45, 2.75) is 52.4 Å². The summed E-state index contributed by atoms with van der Waals surface area (Å²) in [5.74, 6) is 0.566. The lowest BCUT2D eigenvalue weighted by Gasteiger charge is -2.16. The molecule has 33 heavy (non-hydrogen) atoms. The maximum absolute atomic E-state index is 12.7. The number of aryl methyl sites for hydroxylation is 3. The Morgan fingerprint density at radius 2 is 1.79 bits per heavy atom. The van der Waals surface area contributed by atoms with Gasteiger partial charge in [0.15, 0.2) is 11.0 Å². The van der Waals surface area contributed by atoms with E-state index >= 15 is 0 Å². The lowest BCUT2D eigenvalue weighted by atomic mass is 10.1. The zero-order valence-electron chi connectivity index (χ0n) is 19.4. The molecule has 0 aliphatic carbocycles. The number of benzene rings is 2. The predicted molar refractivity (Wildman–Crippen MR) is 136 cm³/mol. The molecular formula is C24H28BrN5O2S. The van der Waals surface area contributed by atoms with Gasteiger partial charge < -0.3 is 15.2 Å². The van der Waals surface area contributed by atoms with Crippen molar-refractivity contribution in [2.24, 2.45) is 0 Å². The van der Waals surface area contributed by atoms with E-state index in [1.165, 1.54) is 11.8 Å². The van der Waals surface area contributed by atoms with Crippen LogP contribution in [0.1, 0.15) is 52.8 Å². The van der Waals surface area contributed by atoms with Gasteiger partial charge in [-0.3, -0.25) is 9.59 Å². The van der Waals surface area contributed by atoms with E-state index in [0.717, 1.165) is 26.9 Å². The fraction of sp³-hybridized carbons (Fsp3) is 0.333. The van der Waals surface area contributed by atoms with Crippen LogP contribution in [-0.2, 0) is 11.3 Å². The summed E-state index contributed by atoms with van der Waals surface area (Å²) in [5.41, 5.74) is 4.56. The molecule has 1 atom stereocenters. The van der Waals surface area contributed by atoms with Crippen LogP contribution < -0.4 is 10.6 Å². The third-order valence-electron chi connectivity index (χ3n) is 5.38. The topological polar surface area (TPSA) is 88.9 Å². The Morgan fingerprint density at radius 3 is 2.48 bits per heavy atom. The Kier molecular flexibility index (Phi) is 8.31. The standard InChI is InChI=1S/C24H28BrN5O2S/c1-6-30-22(17(5)26-23(32)18-10-8-7-9-14(18)2)28-29-24(30)33-13-21(31)27-20-12-16(4)15(3)11-19(20)25/h7-12,17H,6,13H2,1-5H3,(H,26,32)(H,27,31)/t17-/m1/s1. The molecule has 9 heteroatoms. The number of thioether (sulfide) groups is 1. The SMILES string of the molecule is CCn1c(SCC(=O)Nc2cc(C)c(C)cc2Br)nnc1[C@@H](C)NC(=O)c1ccccc1C. The zero-order valence-corrected chi connectivity index (χ0v) is 21.8. The smallest absolute Gasteiger partial charge is 0.252 e. The molecule has 0 aliphatic heterocycles. The van der Waals surface area contributed by atoms with Crippen molar-refractivity contribution in [2.75, 3.05) is 11.1 Å². The molecule has 2 aromatic carbocycles. The molecule has 1 aromatic heterocycles. The highest BCUT2D eigenvalue weighted by atomic mass is 79.9. The Bertz CT molecular complexity index is 1180. The number of carbonyl (C=O) groups is 2. The summed E-state index contributed by atoms with van der Waals surface area (Å²) in [6, 6.07) is 11.1. The molecule has 0 fully saturated rings. The second-order valence-electron chi connectivity index (χ2n) is 7.85. The van der Waals surface area contributed by atoms with Gasteiger partial charge in [-0.1, -0.05) is 30.0 Å². The van der Waals surface area contributed by atoms with Crippen LogP contribution in [0.15, 0.2) is 46.0 Å². The van der Waals surface area contributed by atoms with Gasteiger partial charge in [0.05, 0.1) is 17.5 Å². The van der Waals surface area contributed by atoms with Gasteiger partial charge in [0, 0.05) is 16.6 Å². The van der Waals surface area contributed by atoms with E-state index in [0.29, 0.717) is 23.1 Å². The summed E-state index contributed by atoms with van der Waals surface area (Å²) < 4.78 is 2.77. The zero-order chi connectivity index (χ0) is 24.1. The molecule has 174 valence electrons. The van der Waals surface area contributed by atoms with E-state index in [4.69, 9.17) is 0 Å². The number of anilines is 1. The molecule has 0 bridgehead atoms. The summed E-state index contributed by atoms with van der Waals surface area (Å²) in [5, 5.41) is 15.1. The van der Waals surface area contributed by atoms with Gasteiger partial charge in [-0.15, -0.1) is 10.2 Å². The molecule has 2 amide bonds. The Hall–Kier alpha value is -2.65. The molecule has 7 nitrogen and oxygen atoms in total. The van der Waals surface area contributed by atoms with E-state index in [9.17, 15) is 9.59 Å². The van der Waals surface area contributed by atoms with E-state index in [1.807, 2.05) is 69.5 Å². The summed E-state index contributed by atoms with van der Waals surface area (Å²) in [6.07, 6.45) is 0. The molecule has 3 rings (SSSR count). The van der Waals surface area contributed by atoms with Crippen molar-refractivity contribution >= 4 is 45.2 Å². The van der Waals surface area contributed by atoms with Crippen LogP contribution in [0.5, 0.6) is 0 Å². The van der Waals surface area contributed by atoms with E-state index in [2.05, 4.69) is 36.8 Å². The van der Waals surface area contributed by atoms with Gasteiger partial charge >= 0.3 is 0 Å². The first kappa shape index (κ1) is 25.0. The van der Waals surface area contributed by atoms with Crippen molar-refractivity contribution < 1.29 is 9.59 Å². The van der Waals surface area contributed by atoms with Crippen molar-refractivity contribution in [3.05, 3.63) is 68.9 Å². The average Bonchev–Trinajstić information content (AvgIpc) is 3.19. The number of hydrogen-bond donors (Lipinski definition) is 2. The lowest BCUT2D eigenvalue weighted by Crippen LogP contribution is -2.29. The van der Waals surface area contributed by atoms with Crippen LogP contribution in [0.4, 0.5) is 5.69 Å². The minimum atomic E-state index is -0.334. The van der Waals surface area contributed by atoms with Crippen LogP contribution >= 0.6 is 27.7 Å². The van der Waals surface area contributed by atoms with Gasteiger partial charge in [0.2, 0.25) is 5.91 Å². The highest BCUT2D eigenvalue weighted by Crippen LogP contribution is 2.27. The quantitative estimate of drug-likeness (QED) is 0.391. The van der Waals surface area contributed by atoms with Crippen molar-refractivity contribution in [3.63, 3.8) is 0 Å². The number of amides is 2. The van der Waals surface area contributed by atoms with Crippen LogP contribution in [0, 0.1) is 20.8 Å². The molecule has 0 radical (unpaired) electrons. The molecule has 0 saturated heterocycles. The van der Waals surface area contributed by atoms with E-state index < -0.39 is 0 Å². The Morgan fingerprint density at radius 1 is 1.09 bits per heavy atom. The third kappa shape index (κ3) is 6.03. The van der Waals surface area contributed by atoms with Gasteiger partial charge in [-0.05, 0) is 85.4 Å². The molecule has 0 aliphatic rings. The average molecular weight is 530 g/mol. The second-order valence-corrected chi connectivity index (χ2v) is 9.65. The van der Waals surface area contributed by atoms with Gasteiger partial charge in [-0.2, -0.15) is 0 Å². The third-order valence-corrected chi connectivity index (χ3v) is 7.00. The van der Waals surface area contributed by atoms with Crippen molar-refractivity contribution in [1.82, 2.24) is 20.1 Å². The summed E-state index contributed by atoms with van der Waals surface area (Å²) in [7, 11) is 0. The van der Waals surface area contributed by atoms with Crippen molar-refractivity contribution in [1.29, 1.82) is 0 Å². The number of nitrogens with zero attached hydrogens (tertiary/aromatic N) is 3. The minimum absolute atomic E-state index is 0.128. The summed E-state index contributed by atoms with van der Waals surface area (Å²) in [4.78, 5) is 25.2. The fourth-order valence-electron chi connectivity index (χ4n) is 3.38. The molecule has 0 unspecified atom stereocenters. The van der Waals surface area contributed by atoms with Crippen molar-refractivity contribution in [3.8, 4) is 0 Å². The van der Waals surface area contributed by atoms with Gasteiger partial charge in [0.1, 0.15) is 0 Å². The highest BCUT2D eigenvalue weighted by molar-refractivity contribution is 9.10. The number of rotatable bonds is 8. The minimum Gasteiger partial charge on any atom is -0.342 e. The first-order valence-corrected chi connectivity index (χ1v) is 12.5. The Balaban J connectivity index is 1.65. The number of aromatic nitrogens is 3. The summed E-state index contributed by atoms with van der Waals surface area (Å²) >= 11 is 4.82. The normalized spacial score (nSPS) is 11.8. The Labute approximate surface area is 206 Å². The monoisotopic (exact) mass is 529 g/mol. The molecule has 2 N–H and O–H groups in total. The number of carbonyl (C=O) groups excluding carboxylic acids is 2. The number of halogens is 1. The predicted octanol–water partition coefficient (Wildman–Crippen LogP) is 5.21. The summed E-state index contributed by atoms with van der Waals surface area (Å²) in [6.45, 7) is 10.4. The van der Waals surface area contributed by atoms with Crippen LogP contribution in [0.25, 0.3) is 0 Å². The molecule has 3 aromatic rings. The maximum atomic E-state index is 12.7. The molecule has 0 spiro atoms. The first-order valence-electron chi connectivity index (χ1n) is 10.7. The molecular weight excluding hydrogens is 502 g/mol. The van der Waals surface area contributed by atoms with Gasteiger partial charge in [0.25, 0.3) is 5.91 Å². The second kappa shape index (κ2) is 11.0. The van der Waals surface area contributed by atoms with Crippen LogP contribution in [-0.4, -0.2) is 32.3 Å². The first-order chi connectivity index (χ1) is 15.7. The largest absolute Gasteiger partial charge is 0.342 e. The lowest BCUT2D eigenvalue weighted by molar-refractivity contribution is -0.113.